The second-order valence-corrected chi connectivity index (χ2v) is 5.50. The molecule has 1 aromatic rings. The highest BCUT2D eigenvalue weighted by atomic mass is 32.1. The minimum atomic E-state index is -0.0446. The summed E-state index contributed by atoms with van der Waals surface area (Å²) in [5.74, 6) is 0.521. The summed E-state index contributed by atoms with van der Waals surface area (Å²) in [5, 5.41) is 2.85. The number of hydrogen-bond acceptors (Lipinski definition) is 4. The fourth-order valence-corrected chi connectivity index (χ4v) is 2.28. The van der Waals surface area contributed by atoms with Gasteiger partial charge in [-0.05, 0) is 31.4 Å². The summed E-state index contributed by atoms with van der Waals surface area (Å²) in [6.45, 7) is 0.958. The Labute approximate surface area is 129 Å². The summed E-state index contributed by atoms with van der Waals surface area (Å²) >= 11 is 4.78. The minimum Gasteiger partial charge on any atom is -0.484 e. The third-order valence-corrected chi connectivity index (χ3v) is 3.37. The van der Waals surface area contributed by atoms with Crippen molar-refractivity contribution in [3.63, 3.8) is 0 Å². The van der Waals surface area contributed by atoms with Gasteiger partial charge in [-0.15, -0.1) is 0 Å². The van der Waals surface area contributed by atoms with Crippen LogP contribution in [0, 0.1) is 0 Å². The van der Waals surface area contributed by atoms with Gasteiger partial charge in [0.05, 0.1) is 11.8 Å². The molecular weight excluding hydrogens is 288 g/mol. The van der Waals surface area contributed by atoms with E-state index in [0.29, 0.717) is 17.9 Å². The second-order valence-electron chi connectivity index (χ2n) is 4.97. The molecule has 1 heterocycles. The lowest BCUT2D eigenvalue weighted by Gasteiger charge is -2.13. The molecule has 1 atom stereocenters. The predicted molar refractivity (Wildman–Crippen MR) is 85.6 cm³/mol. The lowest BCUT2D eigenvalue weighted by molar-refractivity contribution is -0.116. The SMILES string of the molecule is NC(=S)COc1ccccc1NC(=O)CCC1CCCO1. The van der Waals surface area contributed by atoms with Gasteiger partial charge in [0.1, 0.15) is 17.3 Å². The number of nitrogens with one attached hydrogen (secondary N) is 1. The van der Waals surface area contributed by atoms with Gasteiger partial charge >= 0.3 is 0 Å². The van der Waals surface area contributed by atoms with E-state index in [2.05, 4.69) is 5.32 Å². The third kappa shape index (κ3) is 5.32. The first-order chi connectivity index (χ1) is 10.1. The van der Waals surface area contributed by atoms with Crippen molar-refractivity contribution in [3.05, 3.63) is 24.3 Å². The second kappa shape index (κ2) is 7.95. The summed E-state index contributed by atoms with van der Waals surface area (Å²) in [6.07, 6.45) is 3.54. The van der Waals surface area contributed by atoms with Gasteiger partial charge < -0.3 is 20.5 Å². The molecule has 1 aliphatic heterocycles. The fourth-order valence-electron chi connectivity index (χ4n) is 2.22. The van der Waals surface area contributed by atoms with E-state index in [1.807, 2.05) is 12.1 Å². The maximum atomic E-state index is 12.0. The zero-order valence-corrected chi connectivity index (χ0v) is 12.7. The summed E-state index contributed by atoms with van der Waals surface area (Å²) < 4.78 is 11.0. The van der Waals surface area contributed by atoms with E-state index < -0.39 is 0 Å². The molecule has 0 aliphatic carbocycles. The monoisotopic (exact) mass is 308 g/mol. The first kappa shape index (κ1) is 15.7. The molecule has 1 aliphatic rings. The van der Waals surface area contributed by atoms with Crippen LogP contribution in [0.25, 0.3) is 0 Å². The molecule has 0 spiro atoms. The zero-order chi connectivity index (χ0) is 15.1. The molecule has 21 heavy (non-hydrogen) atoms. The van der Waals surface area contributed by atoms with Gasteiger partial charge in [-0.1, -0.05) is 24.4 Å². The van der Waals surface area contributed by atoms with Gasteiger partial charge in [-0.25, -0.2) is 0 Å². The molecule has 3 N–H and O–H groups in total. The molecule has 6 heteroatoms. The molecule has 0 saturated carbocycles. The molecule has 2 rings (SSSR count). The van der Waals surface area contributed by atoms with E-state index in [0.717, 1.165) is 25.9 Å². The highest BCUT2D eigenvalue weighted by Gasteiger charge is 2.17. The van der Waals surface area contributed by atoms with E-state index in [4.69, 9.17) is 27.4 Å². The van der Waals surface area contributed by atoms with E-state index in [1.54, 1.807) is 12.1 Å². The summed E-state index contributed by atoms with van der Waals surface area (Å²) in [6, 6.07) is 7.23. The van der Waals surface area contributed by atoms with Crippen LogP contribution in [-0.2, 0) is 9.53 Å². The van der Waals surface area contributed by atoms with Crippen molar-refractivity contribution in [3.8, 4) is 5.75 Å². The van der Waals surface area contributed by atoms with Crippen molar-refractivity contribution in [2.75, 3.05) is 18.5 Å². The third-order valence-electron chi connectivity index (χ3n) is 3.25. The number of thiocarbonyl (C=S) groups is 1. The molecule has 1 saturated heterocycles. The number of carbonyl (C=O) groups excluding carboxylic acids is 1. The highest BCUT2D eigenvalue weighted by molar-refractivity contribution is 7.80. The van der Waals surface area contributed by atoms with Gasteiger partial charge in [0.15, 0.2) is 0 Å². The van der Waals surface area contributed by atoms with Gasteiger partial charge in [0.2, 0.25) is 5.91 Å². The molecule has 5 nitrogen and oxygen atoms in total. The van der Waals surface area contributed by atoms with Crippen molar-refractivity contribution in [1.82, 2.24) is 0 Å². The summed E-state index contributed by atoms with van der Waals surface area (Å²) in [4.78, 5) is 12.3. The minimum absolute atomic E-state index is 0.0446. The standard InChI is InChI=1S/C15H20N2O3S/c16-14(21)10-20-13-6-2-1-5-12(13)17-15(18)8-7-11-4-3-9-19-11/h1-2,5-6,11H,3-4,7-10H2,(H2,16,21)(H,17,18). The average Bonchev–Trinajstić information content (AvgIpc) is 2.97. The normalized spacial score (nSPS) is 17.4. The van der Waals surface area contributed by atoms with E-state index in [1.165, 1.54) is 0 Å². The maximum Gasteiger partial charge on any atom is 0.224 e. The Hall–Kier alpha value is -1.66. The van der Waals surface area contributed by atoms with E-state index >= 15 is 0 Å². The Morgan fingerprint density at radius 3 is 3.00 bits per heavy atom. The Kier molecular flexibility index (Phi) is 5.95. The van der Waals surface area contributed by atoms with Crippen LogP contribution in [0.3, 0.4) is 0 Å². The number of para-hydroxylation sites is 2. The Morgan fingerprint density at radius 2 is 2.29 bits per heavy atom. The van der Waals surface area contributed by atoms with Crippen LogP contribution in [0.2, 0.25) is 0 Å². The smallest absolute Gasteiger partial charge is 0.224 e. The van der Waals surface area contributed by atoms with Gasteiger partial charge in [0.25, 0.3) is 0 Å². The number of amides is 1. The van der Waals surface area contributed by atoms with Crippen molar-refractivity contribution in [1.29, 1.82) is 0 Å². The van der Waals surface area contributed by atoms with Crippen LogP contribution in [0.1, 0.15) is 25.7 Å². The molecule has 114 valence electrons. The van der Waals surface area contributed by atoms with E-state index in [9.17, 15) is 4.79 Å². The van der Waals surface area contributed by atoms with E-state index in [-0.39, 0.29) is 23.6 Å². The Balaban J connectivity index is 1.85. The van der Waals surface area contributed by atoms with Crippen molar-refractivity contribution >= 4 is 28.8 Å². The van der Waals surface area contributed by atoms with Crippen LogP contribution in [0.4, 0.5) is 5.69 Å². The largest absolute Gasteiger partial charge is 0.484 e. The number of rotatable bonds is 7. The molecular formula is C15H20N2O3S. The summed E-state index contributed by atoms with van der Waals surface area (Å²) in [7, 11) is 0. The first-order valence-corrected chi connectivity index (χ1v) is 7.47. The van der Waals surface area contributed by atoms with Crippen LogP contribution in [-0.4, -0.2) is 30.2 Å². The zero-order valence-electron chi connectivity index (χ0n) is 11.8. The molecule has 0 aromatic heterocycles. The van der Waals surface area contributed by atoms with Gasteiger partial charge in [-0.2, -0.15) is 0 Å². The van der Waals surface area contributed by atoms with Crippen LogP contribution in [0.5, 0.6) is 5.75 Å². The molecule has 1 unspecified atom stereocenters. The number of nitrogens with two attached hydrogens (primary N) is 1. The van der Waals surface area contributed by atoms with Crippen molar-refractivity contribution in [2.24, 2.45) is 5.73 Å². The lowest BCUT2D eigenvalue weighted by Crippen LogP contribution is -2.19. The quantitative estimate of drug-likeness (QED) is 0.756. The number of carbonyl (C=O) groups is 1. The topological polar surface area (TPSA) is 73.6 Å². The predicted octanol–water partition coefficient (Wildman–Crippen LogP) is 2.25. The van der Waals surface area contributed by atoms with Gasteiger partial charge in [-0.3, -0.25) is 4.79 Å². The molecule has 1 amide bonds. The number of ether oxygens (including phenoxy) is 2. The van der Waals surface area contributed by atoms with Crippen molar-refractivity contribution < 1.29 is 14.3 Å². The Bertz CT molecular complexity index is 501. The number of benzene rings is 1. The fraction of sp³-hybridized carbons (Fsp3) is 0.467. The van der Waals surface area contributed by atoms with Crippen LogP contribution < -0.4 is 15.8 Å². The average molecular weight is 308 g/mol. The highest BCUT2D eigenvalue weighted by Crippen LogP contribution is 2.24. The Morgan fingerprint density at radius 1 is 1.48 bits per heavy atom. The lowest BCUT2D eigenvalue weighted by atomic mass is 10.1. The number of hydrogen-bond donors (Lipinski definition) is 2. The maximum absolute atomic E-state index is 12.0. The van der Waals surface area contributed by atoms with Crippen LogP contribution >= 0.6 is 12.2 Å². The van der Waals surface area contributed by atoms with Crippen molar-refractivity contribution in [2.45, 2.75) is 31.8 Å². The molecule has 0 radical (unpaired) electrons. The molecule has 1 fully saturated rings. The van der Waals surface area contributed by atoms with Gasteiger partial charge in [0, 0.05) is 13.0 Å². The summed E-state index contributed by atoms with van der Waals surface area (Å²) in [5.41, 5.74) is 6.04. The number of anilines is 1. The molecule has 1 aromatic carbocycles. The van der Waals surface area contributed by atoms with Crippen LogP contribution in [0.15, 0.2) is 24.3 Å². The molecule has 0 bridgehead atoms. The first-order valence-electron chi connectivity index (χ1n) is 7.07.